The van der Waals surface area contributed by atoms with Gasteiger partial charge in [0, 0.05) is 17.7 Å². The summed E-state index contributed by atoms with van der Waals surface area (Å²) in [5.41, 5.74) is 0.479. The van der Waals surface area contributed by atoms with Crippen molar-refractivity contribution in [3.05, 3.63) is 18.3 Å². The predicted octanol–water partition coefficient (Wildman–Crippen LogP) is -1.18. The lowest BCUT2D eigenvalue weighted by Gasteiger charge is -2.22. The molecule has 1 aliphatic rings. The third-order valence-corrected chi connectivity index (χ3v) is 2.52. The number of aromatic nitrogens is 1. The van der Waals surface area contributed by atoms with E-state index in [1.54, 1.807) is 19.2 Å². The monoisotopic (exact) mass is 264 g/mol. The molecule has 0 N–H and O–H groups in total. The van der Waals surface area contributed by atoms with E-state index in [0.717, 1.165) is 0 Å². The Bertz CT molecular complexity index is 458. The SMILES string of the molecule is COc1ccc(B2OC(=O)CN(C)CC(=O)O2)cn1. The second kappa shape index (κ2) is 5.70. The minimum atomic E-state index is -1.06. The molecule has 7 nitrogen and oxygen atoms in total. The molecule has 0 bridgehead atoms. The van der Waals surface area contributed by atoms with Crippen LogP contribution in [0.5, 0.6) is 5.88 Å². The molecule has 1 aromatic rings. The molecule has 19 heavy (non-hydrogen) atoms. The van der Waals surface area contributed by atoms with E-state index in [-0.39, 0.29) is 13.1 Å². The van der Waals surface area contributed by atoms with Crippen LogP contribution >= 0.6 is 0 Å². The first-order chi connectivity index (χ1) is 9.08. The zero-order valence-corrected chi connectivity index (χ0v) is 10.7. The number of carbonyl (C=O) groups is 2. The summed E-state index contributed by atoms with van der Waals surface area (Å²) in [6, 6.07) is 3.23. The molecule has 1 saturated heterocycles. The molecule has 100 valence electrons. The highest BCUT2D eigenvalue weighted by molar-refractivity contribution is 6.64. The second-order valence-electron chi connectivity index (χ2n) is 4.12. The van der Waals surface area contributed by atoms with Gasteiger partial charge in [0.25, 0.3) is 0 Å². The highest BCUT2D eigenvalue weighted by atomic mass is 16.6. The number of methoxy groups -OCH3 is 1. The van der Waals surface area contributed by atoms with Crippen LogP contribution in [0.2, 0.25) is 0 Å². The maximum absolute atomic E-state index is 11.6. The lowest BCUT2D eigenvalue weighted by molar-refractivity contribution is -0.145. The van der Waals surface area contributed by atoms with E-state index < -0.39 is 19.1 Å². The van der Waals surface area contributed by atoms with Crippen molar-refractivity contribution in [1.29, 1.82) is 0 Å². The average Bonchev–Trinajstić information content (AvgIpc) is 2.36. The summed E-state index contributed by atoms with van der Waals surface area (Å²) in [7, 11) is 2.07. The third kappa shape index (κ3) is 3.44. The van der Waals surface area contributed by atoms with Crippen molar-refractivity contribution in [1.82, 2.24) is 9.88 Å². The lowest BCUT2D eigenvalue weighted by Crippen LogP contribution is -2.47. The summed E-state index contributed by atoms with van der Waals surface area (Å²) >= 11 is 0. The van der Waals surface area contributed by atoms with Gasteiger partial charge < -0.3 is 14.0 Å². The standard InChI is InChI=1S/C11H13BN2O5/c1-14-6-10(15)18-12(19-11(16)7-14)8-3-4-9(17-2)13-5-8/h3-5H,6-7H2,1-2H3. The number of nitrogens with zero attached hydrogens (tertiary/aromatic N) is 2. The Hall–Kier alpha value is -2.09. The fourth-order valence-corrected chi connectivity index (χ4v) is 1.62. The van der Waals surface area contributed by atoms with Crippen LogP contribution in [0.15, 0.2) is 18.3 Å². The number of hydrogen-bond acceptors (Lipinski definition) is 7. The van der Waals surface area contributed by atoms with Crippen LogP contribution < -0.4 is 10.2 Å². The van der Waals surface area contributed by atoms with Crippen LogP contribution in [0, 0.1) is 0 Å². The Labute approximate surface area is 110 Å². The number of likely N-dealkylation sites (N-methyl/N-ethyl adjacent to an activating group) is 1. The second-order valence-corrected chi connectivity index (χ2v) is 4.12. The number of hydrogen-bond donors (Lipinski definition) is 0. The molecule has 0 saturated carbocycles. The Morgan fingerprint density at radius 3 is 2.37 bits per heavy atom. The summed E-state index contributed by atoms with van der Waals surface area (Å²) in [5, 5.41) is 0. The van der Waals surface area contributed by atoms with Crippen LogP contribution in [0.25, 0.3) is 0 Å². The van der Waals surface area contributed by atoms with Crippen molar-refractivity contribution >= 4 is 24.5 Å². The van der Waals surface area contributed by atoms with Gasteiger partial charge in [0.15, 0.2) is 0 Å². The van der Waals surface area contributed by atoms with Gasteiger partial charge in [0.1, 0.15) is 0 Å². The summed E-state index contributed by atoms with van der Waals surface area (Å²) in [6.45, 7) is 0.0738. The Balaban J connectivity index is 2.16. The number of carbonyl (C=O) groups excluding carboxylic acids is 2. The van der Waals surface area contributed by atoms with Gasteiger partial charge in [-0.1, -0.05) is 6.07 Å². The minimum Gasteiger partial charge on any atom is -0.494 e. The van der Waals surface area contributed by atoms with Gasteiger partial charge in [-0.2, -0.15) is 0 Å². The molecule has 1 aromatic heterocycles. The Morgan fingerprint density at radius 2 is 1.89 bits per heavy atom. The molecule has 2 heterocycles. The van der Waals surface area contributed by atoms with Gasteiger partial charge in [-0.05, 0) is 7.05 Å². The van der Waals surface area contributed by atoms with E-state index in [2.05, 4.69) is 4.98 Å². The van der Waals surface area contributed by atoms with Crippen molar-refractivity contribution in [3.63, 3.8) is 0 Å². The molecule has 0 unspecified atom stereocenters. The molecule has 1 fully saturated rings. The Kier molecular flexibility index (Phi) is 4.01. The summed E-state index contributed by atoms with van der Waals surface area (Å²) < 4.78 is 15.1. The molecule has 0 atom stereocenters. The van der Waals surface area contributed by atoms with Crippen LogP contribution in [0.4, 0.5) is 0 Å². The van der Waals surface area contributed by atoms with Gasteiger partial charge in [-0.3, -0.25) is 14.5 Å². The molecule has 2 rings (SSSR count). The first-order valence-corrected chi connectivity index (χ1v) is 5.66. The smallest absolute Gasteiger partial charge is 0.494 e. The largest absolute Gasteiger partial charge is 0.638 e. The van der Waals surface area contributed by atoms with Crippen molar-refractivity contribution in [2.75, 3.05) is 27.2 Å². The maximum atomic E-state index is 11.6. The fraction of sp³-hybridized carbons (Fsp3) is 0.364. The number of pyridine rings is 1. The fourth-order valence-electron chi connectivity index (χ4n) is 1.62. The normalized spacial score (nSPS) is 17.3. The molecule has 0 amide bonds. The van der Waals surface area contributed by atoms with Crippen molar-refractivity contribution in [3.8, 4) is 5.88 Å². The molecular formula is C11H13BN2O5. The predicted molar refractivity (Wildman–Crippen MR) is 65.9 cm³/mol. The van der Waals surface area contributed by atoms with E-state index in [1.165, 1.54) is 18.2 Å². The average molecular weight is 264 g/mol. The highest BCUT2D eigenvalue weighted by Crippen LogP contribution is 2.04. The topological polar surface area (TPSA) is 78.0 Å². The van der Waals surface area contributed by atoms with Crippen LogP contribution in [0.3, 0.4) is 0 Å². The summed E-state index contributed by atoms with van der Waals surface area (Å²) in [6.07, 6.45) is 1.44. The molecule has 0 aromatic carbocycles. The van der Waals surface area contributed by atoms with Gasteiger partial charge >= 0.3 is 19.1 Å². The molecular weight excluding hydrogens is 251 g/mol. The van der Waals surface area contributed by atoms with Gasteiger partial charge in [0.05, 0.1) is 20.2 Å². The molecule has 0 spiro atoms. The van der Waals surface area contributed by atoms with Crippen molar-refractivity contribution in [2.45, 2.75) is 0 Å². The molecule has 0 radical (unpaired) electrons. The molecule has 1 aliphatic heterocycles. The summed E-state index contributed by atoms with van der Waals surface area (Å²) in [4.78, 5) is 28.6. The lowest BCUT2D eigenvalue weighted by atomic mass is 9.80. The number of ether oxygens (including phenoxy) is 1. The zero-order valence-electron chi connectivity index (χ0n) is 10.7. The molecule has 8 heteroatoms. The van der Waals surface area contributed by atoms with Crippen molar-refractivity contribution in [2.24, 2.45) is 0 Å². The van der Waals surface area contributed by atoms with Crippen LogP contribution in [-0.2, 0) is 18.9 Å². The van der Waals surface area contributed by atoms with Crippen LogP contribution in [-0.4, -0.2) is 56.2 Å². The van der Waals surface area contributed by atoms with Crippen LogP contribution in [0.1, 0.15) is 0 Å². The van der Waals surface area contributed by atoms with Crippen molar-refractivity contribution < 1.29 is 23.6 Å². The van der Waals surface area contributed by atoms with E-state index in [0.29, 0.717) is 11.3 Å². The minimum absolute atomic E-state index is 0.0369. The van der Waals surface area contributed by atoms with E-state index in [1.807, 2.05) is 0 Å². The Morgan fingerprint density at radius 1 is 1.26 bits per heavy atom. The number of rotatable bonds is 2. The quantitative estimate of drug-likeness (QED) is 0.622. The van der Waals surface area contributed by atoms with Gasteiger partial charge in [0.2, 0.25) is 5.88 Å². The highest BCUT2D eigenvalue weighted by Gasteiger charge is 2.33. The van der Waals surface area contributed by atoms with Gasteiger partial charge in [-0.15, -0.1) is 0 Å². The van der Waals surface area contributed by atoms with E-state index in [4.69, 9.17) is 14.0 Å². The van der Waals surface area contributed by atoms with E-state index >= 15 is 0 Å². The van der Waals surface area contributed by atoms with Gasteiger partial charge in [-0.25, -0.2) is 4.98 Å². The first-order valence-electron chi connectivity index (χ1n) is 5.66. The molecule has 0 aliphatic carbocycles. The van der Waals surface area contributed by atoms with E-state index in [9.17, 15) is 9.59 Å². The third-order valence-electron chi connectivity index (χ3n) is 2.52. The maximum Gasteiger partial charge on any atom is 0.638 e. The first kappa shape index (κ1) is 13.3. The zero-order chi connectivity index (χ0) is 13.8. The summed E-state index contributed by atoms with van der Waals surface area (Å²) in [5.74, 6) is -0.501.